The fourth-order valence-corrected chi connectivity index (χ4v) is 2.27. The van der Waals surface area contributed by atoms with Crippen LogP contribution < -0.4 is 0 Å². The first-order valence-corrected chi connectivity index (χ1v) is 6.66. The molecular formula is C13H14BrN3. The third-order valence-electron chi connectivity index (χ3n) is 3.06. The number of aromatic nitrogens is 3. The van der Waals surface area contributed by atoms with E-state index < -0.39 is 0 Å². The minimum absolute atomic E-state index is 0.658. The summed E-state index contributed by atoms with van der Waals surface area (Å²) in [6, 6.07) is 8.33. The topological polar surface area (TPSA) is 30.7 Å². The summed E-state index contributed by atoms with van der Waals surface area (Å²) >= 11 is 3.44. The van der Waals surface area contributed by atoms with Gasteiger partial charge in [-0.15, -0.1) is 0 Å². The van der Waals surface area contributed by atoms with Gasteiger partial charge in [0, 0.05) is 23.9 Å². The first-order valence-electron chi connectivity index (χ1n) is 5.86. The van der Waals surface area contributed by atoms with E-state index in [9.17, 15) is 0 Å². The van der Waals surface area contributed by atoms with Gasteiger partial charge in [0.2, 0.25) is 0 Å². The molecular weight excluding hydrogens is 278 g/mol. The monoisotopic (exact) mass is 291 g/mol. The molecule has 1 aliphatic carbocycles. The molecule has 1 fully saturated rings. The first-order chi connectivity index (χ1) is 8.22. The van der Waals surface area contributed by atoms with Gasteiger partial charge in [0.25, 0.3) is 0 Å². The van der Waals surface area contributed by atoms with Crippen LogP contribution in [-0.2, 0) is 13.5 Å². The van der Waals surface area contributed by atoms with E-state index in [2.05, 4.69) is 50.3 Å². The largest absolute Gasteiger partial charge is 0.253 e. The second-order valence-corrected chi connectivity index (χ2v) is 5.50. The minimum Gasteiger partial charge on any atom is -0.253 e. The minimum atomic E-state index is 0.658. The summed E-state index contributed by atoms with van der Waals surface area (Å²) in [4.78, 5) is 4.63. The normalized spacial score (nSPS) is 15.2. The Kier molecular flexibility index (Phi) is 2.74. The predicted molar refractivity (Wildman–Crippen MR) is 69.9 cm³/mol. The smallest absolute Gasteiger partial charge is 0.155 e. The molecule has 1 aliphatic rings. The number of hydrogen-bond donors (Lipinski definition) is 0. The Morgan fingerprint density at radius 1 is 1.29 bits per heavy atom. The molecule has 0 unspecified atom stereocenters. The standard InChI is InChI=1S/C13H14BrN3/c1-17-13(10-4-5-10)15-12(16-17)8-9-2-6-11(14)7-3-9/h2-3,6-7,10H,4-5,8H2,1H3. The molecule has 3 nitrogen and oxygen atoms in total. The lowest BCUT2D eigenvalue weighted by Crippen LogP contribution is -1.97. The van der Waals surface area contributed by atoms with Gasteiger partial charge in [0.05, 0.1) is 0 Å². The molecule has 1 heterocycles. The van der Waals surface area contributed by atoms with Crippen molar-refractivity contribution < 1.29 is 0 Å². The van der Waals surface area contributed by atoms with Crippen LogP contribution >= 0.6 is 15.9 Å². The number of benzene rings is 1. The first kappa shape index (κ1) is 11.0. The Bertz CT molecular complexity index is 526. The van der Waals surface area contributed by atoms with Crippen molar-refractivity contribution in [2.24, 2.45) is 7.05 Å². The maximum Gasteiger partial charge on any atom is 0.155 e. The zero-order valence-electron chi connectivity index (χ0n) is 9.73. The predicted octanol–water partition coefficient (Wildman–Crippen LogP) is 3.05. The summed E-state index contributed by atoms with van der Waals surface area (Å²) in [5.41, 5.74) is 1.25. The van der Waals surface area contributed by atoms with Crippen LogP contribution in [0, 0.1) is 0 Å². The van der Waals surface area contributed by atoms with Crippen LogP contribution in [0.2, 0.25) is 0 Å². The highest BCUT2D eigenvalue weighted by atomic mass is 79.9. The lowest BCUT2D eigenvalue weighted by atomic mass is 10.1. The fourth-order valence-electron chi connectivity index (χ4n) is 2.01. The van der Waals surface area contributed by atoms with Gasteiger partial charge in [-0.1, -0.05) is 28.1 Å². The molecule has 1 saturated carbocycles. The van der Waals surface area contributed by atoms with Gasteiger partial charge in [-0.2, -0.15) is 5.10 Å². The maximum atomic E-state index is 4.63. The van der Waals surface area contributed by atoms with Crippen LogP contribution in [0.3, 0.4) is 0 Å². The molecule has 4 heteroatoms. The van der Waals surface area contributed by atoms with Crippen molar-refractivity contribution in [3.05, 3.63) is 46.0 Å². The highest BCUT2D eigenvalue weighted by molar-refractivity contribution is 9.10. The molecule has 0 N–H and O–H groups in total. The Morgan fingerprint density at radius 2 is 2.00 bits per heavy atom. The Balaban J connectivity index is 1.80. The van der Waals surface area contributed by atoms with Gasteiger partial charge in [-0.25, -0.2) is 4.98 Å². The van der Waals surface area contributed by atoms with Crippen molar-refractivity contribution in [3.63, 3.8) is 0 Å². The van der Waals surface area contributed by atoms with Crippen molar-refractivity contribution in [2.45, 2.75) is 25.2 Å². The van der Waals surface area contributed by atoms with Crippen LogP contribution in [0.25, 0.3) is 0 Å². The molecule has 88 valence electrons. The van der Waals surface area contributed by atoms with E-state index in [0.29, 0.717) is 5.92 Å². The van der Waals surface area contributed by atoms with Gasteiger partial charge in [-0.05, 0) is 30.5 Å². The van der Waals surface area contributed by atoms with E-state index >= 15 is 0 Å². The van der Waals surface area contributed by atoms with Crippen LogP contribution in [0.5, 0.6) is 0 Å². The molecule has 0 radical (unpaired) electrons. The molecule has 0 amide bonds. The second-order valence-electron chi connectivity index (χ2n) is 4.59. The maximum absolute atomic E-state index is 4.63. The van der Waals surface area contributed by atoms with E-state index in [4.69, 9.17) is 0 Å². The van der Waals surface area contributed by atoms with Crippen molar-refractivity contribution in [3.8, 4) is 0 Å². The summed E-state index contributed by atoms with van der Waals surface area (Å²) in [7, 11) is 1.99. The van der Waals surface area contributed by atoms with E-state index in [1.54, 1.807) is 0 Å². The molecule has 0 aliphatic heterocycles. The number of hydrogen-bond acceptors (Lipinski definition) is 2. The van der Waals surface area contributed by atoms with Gasteiger partial charge in [-0.3, -0.25) is 4.68 Å². The summed E-state index contributed by atoms with van der Waals surface area (Å²) in [5.74, 6) is 2.74. The van der Waals surface area contributed by atoms with Crippen LogP contribution in [0.15, 0.2) is 28.7 Å². The number of rotatable bonds is 3. The Hall–Kier alpha value is -1.16. The van der Waals surface area contributed by atoms with Crippen molar-refractivity contribution in [2.75, 3.05) is 0 Å². The van der Waals surface area contributed by atoms with E-state index in [1.165, 1.54) is 18.4 Å². The summed E-state index contributed by atoms with van der Waals surface area (Å²) < 4.78 is 3.04. The van der Waals surface area contributed by atoms with Gasteiger partial charge < -0.3 is 0 Å². The Morgan fingerprint density at radius 3 is 2.65 bits per heavy atom. The summed E-state index contributed by atoms with van der Waals surface area (Å²) in [6.07, 6.45) is 3.35. The van der Waals surface area contributed by atoms with Crippen molar-refractivity contribution in [1.82, 2.24) is 14.8 Å². The average Bonchev–Trinajstić information content (AvgIpc) is 3.08. The molecule has 0 spiro atoms. The lowest BCUT2D eigenvalue weighted by Gasteiger charge is -1.96. The van der Waals surface area contributed by atoms with E-state index in [1.807, 2.05) is 11.7 Å². The highest BCUT2D eigenvalue weighted by Crippen LogP contribution is 2.38. The van der Waals surface area contributed by atoms with Gasteiger partial charge >= 0.3 is 0 Å². The van der Waals surface area contributed by atoms with Crippen LogP contribution in [-0.4, -0.2) is 14.8 Å². The average molecular weight is 292 g/mol. The summed E-state index contributed by atoms with van der Waals surface area (Å²) in [6.45, 7) is 0. The fraction of sp³-hybridized carbons (Fsp3) is 0.385. The Labute approximate surface area is 109 Å². The zero-order valence-corrected chi connectivity index (χ0v) is 11.3. The SMILES string of the molecule is Cn1nc(Cc2ccc(Br)cc2)nc1C1CC1. The summed E-state index contributed by atoms with van der Waals surface area (Å²) in [5, 5.41) is 4.48. The number of halogens is 1. The molecule has 3 rings (SSSR count). The lowest BCUT2D eigenvalue weighted by molar-refractivity contribution is 0.698. The molecule has 17 heavy (non-hydrogen) atoms. The number of nitrogens with zero attached hydrogens (tertiary/aromatic N) is 3. The molecule has 1 aromatic heterocycles. The zero-order chi connectivity index (χ0) is 11.8. The van der Waals surface area contributed by atoms with Gasteiger partial charge in [0.1, 0.15) is 5.82 Å². The highest BCUT2D eigenvalue weighted by Gasteiger charge is 2.28. The molecule has 0 bridgehead atoms. The van der Waals surface area contributed by atoms with Crippen molar-refractivity contribution in [1.29, 1.82) is 0 Å². The third kappa shape index (κ3) is 2.41. The second kappa shape index (κ2) is 4.26. The van der Waals surface area contributed by atoms with Gasteiger partial charge in [0.15, 0.2) is 5.82 Å². The molecule has 0 atom stereocenters. The third-order valence-corrected chi connectivity index (χ3v) is 3.59. The van der Waals surface area contributed by atoms with Crippen LogP contribution in [0.1, 0.15) is 36.0 Å². The molecule has 0 saturated heterocycles. The number of aryl methyl sites for hydroxylation is 1. The molecule has 2 aromatic rings. The quantitative estimate of drug-likeness (QED) is 0.870. The van der Waals surface area contributed by atoms with E-state index in [0.717, 1.165) is 22.5 Å². The van der Waals surface area contributed by atoms with Crippen LogP contribution in [0.4, 0.5) is 0 Å². The molecule has 1 aromatic carbocycles. The van der Waals surface area contributed by atoms with Crippen molar-refractivity contribution >= 4 is 15.9 Å². The van der Waals surface area contributed by atoms with E-state index in [-0.39, 0.29) is 0 Å².